The van der Waals surface area contributed by atoms with Crippen LogP contribution in [-0.2, 0) is 39.1 Å². The summed E-state index contributed by atoms with van der Waals surface area (Å²) in [6.07, 6.45) is 0. The average molecular weight is 144 g/mol. The Hall–Kier alpha value is 1.74. The van der Waals surface area contributed by atoms with Crippen LogP contribution in [0.5, 0.6) is 0 Å². The van der Waals surface area contributed by atoms with Gasteiger partial charge >= 0.3 is 0 Å². The van der Waals surface area contributed by atoms with Crippen LogP contribution in [0.4, 0.5) is 0 Å². The first-order chi connectivity index (χ1) is 0. The molecule has 0 heterocycles. The van der Waals surface area contributed by atoms with Crippen molar-refractivity contribution in [2.24, 2.45) is 0 Å². The van der Waals surface area contributed by atoms with Gasteiger partial charge in [-0.3, -0.25) is 0 Å². The summed E-state index contributed by atoms with van der Waals surface area (Å²) in [6, 6.07) is 0. The molecule has 0 aliphatic carbocycles. The van der Waals surface area contributed by atoms with E-state index in [0.717, 1.165) is 0 Å². The molecule has 1 nitrogen and oxygen atoms in total. The largest absolute Gasteiger partial charge is 0.344 e. The van der Waals surface area contributed by atoms with E-state index in [1.165, 1.54) is 0 Å². The molecule has 0 fully saturated rings. The van der Waals surface area contributed by atoms with E-state index in [9.17, 15) is 0 Å². The van der Waals surface area contributed by atoms with Gasteiger partial charge in [-0.05, 0) is 0 Å². The maximum Gasteiger partial charge on any atom is 0 e. The third-order valence-corrected chi connectivity index (χ3v) is 0. The summed E-state index contributed by atoms with van der Waals surface area (Å²) >= 11 is 0. The molecule has 4 heteroatoms. The second-order valence-corrected chi connectivity index (χ2v) is 0. The van der Waals surface area contributed by atoms with Gasteiger partial charge in [0.15, 0.2) is 0 Å². The molecule has 0 rings (SSSR count). The van der Waals surface area contributed by atoms with Crippen molar-refractivity contribution in [3.8, 4) is 0 Å². The molecular formula is H3AlCrNTi. The third-order valence-electron chi connectivity index (χ3n) is 0. The van der Waals surface area contributed by atoms with Crippen molar-refractivity contribution in [1.82, 2.24) is 6.15 Å². The first-order valence-electron chi connectivity index (χ1n) is 0. The molecule has 0 bridgehead atoms. The molecule has 0 amide bonds. The van der Waals surface area contributed by atoms with Crippen molar-refractivity contribution >= 4 is 17.4 Å². The molecule has 0 saturated heterocycles. The van der Waals surface area contributed by atoms with Crippen LogP contribution in [0.3, 0.4) is 0 Å². The van der Waals surface area contributed by atoms with Gasteiger partial charge in [0.05, 0.1) is 0 Å². The zero-order chi connectivity index (χ0) is 0. The van der Waals surface area contributed by atoms with Gasteiger partial charge in [0, 0.05) is 56.4 Å². The Morgan fingerprint density at radius 2 is 1.00 bits per heavy atom. The molecule has 0 aliphatic heterocycles. The molecule has 0 aromatic carbocycles. The maximum absolute atomic E-state index is 0. The summed E-state index contributed by atoms with van der Waals surface area (Å²) in [5.74, 6) is 0. The first-order valence-corrected chi connectivity index (χ1v) is 0. The van der Waals surface area contributed by atoms with Gasteiger partial charge < -0.3 is 6.15 Å². The first kappa shape index (κ1) is 42.6. The Kier molecular flexibility index (Phi) is 233. The van der Waals surface area contributed by atoms with Crippen molar-refractivity contribution < 1.29 is 39.1 Å². The standard InChI is InChI=1S/Al.Cr.H3N.Ti/h;;1H3;. The van der Waals surface area contributed by atoms with Crippen LogP contribution in [0.15, 0.2) is 0 Å². The summed E-state index contributed by atoms with van der Waals surface area (Å²) in [5.41, 5.74) is 0. The average Bonchev–Trinajstić information content (AvgIpc) is 0. The van der Waals surface area contributed by atoms with Crippen LogP contribution in [0.2, 0.25) is 0 Å². The Morgan fingerprint density at radius 1 is 1.00 bits per heavy atom. The van der Waals surface area contributed by atoms with Crippen molar-refractivity contribution in [2.75, 3.05) is 0 Å². The number of hydrogen-bond acceptors (Lipinski definition) is 1. The van der Waals surface area contributed by atoms with Gasteiger partial charge in [-0.2, -0.15) is 0 Å². The normalized spacial score (nSPS) is 0. The molecule has 0 atom stereocenters. The monoisotopic (exact) mass is 144 g/mol. The van der Waals surface area contributed by atoms with Crippen molar-refractivity contribution in [3.63, 3.8) is 0 Å². The second-order valence-electron chi connectivity index (χ2n) is 0. The van der Waals surface area contributed by atoms with Crippen molar-refractivity contribution in [1.29, 1.82) is 0 Å². The summed E-state index contributed by atoms with van der Waals surface area (Å²) in [5, 5.41) is 0. The Labute approximate surface area is 62.3 Å². The molecule has 0 spiro atoms. The van der Waals surface area contributed by atoms with Crippen LogP contribution in [-0.4, -0.2) is 17.4 Å². The summed E-state index contributed by atoms with van der Waals surface area (Å²) < 4.78 is 0. The quantitative estimate of drug-likeness (QED) is 0.468. The molecule has 4 heavy (non-hydrogen) atoms. The fourth-order valence-electron chi connectivity index (χ4n) is 0. The van der Waals surface area contributed by atoms with Crippen molar-refractivity contribution in [2.45, 2.75) is 0 Å². The van der Waals surface area contributed by atoms with Crippen LogP contribution >= 0.6 is 0 Å². The van der Waals surface area contributed by atoms with E-state index in [1.807, 2.05) is 0 Å². The zero-order valence-corrected chi connectivity index (χ0v) is 6.18. The topological polar surface area (TPSA) is 35.0 Å². The van der Waals surface area contributed by atoms with E-state index in [1.54, 1.807) is 0 Å². The van der Waals surface area contributed by atoms with Gasteiger partial charge in [-0.1, -0.05) is 0 Å². The van der Waals surface area contributed by atoms with Gasteiger partial charge in [-0.25, -0.2) is 0 Å². The van der Waals surface area contributed by atoms with E-state index >= 15 is 0 Å². The van der Waals surface area contributed by atoms with E-state index in [0.29, 0.717) is 0 Å². The Balaban J connectivity index is 0. The molecule has 0 aromatic heterocycles. The SMILES string of the molecule is N.[Al].[Cr].[Ti]. The van der Waals surface area contributed by atoms with Crippen LogP contribution in [0, 0.1) is 0 Å². The summed E-state index contributed by atoms with van der Waals surface area (Å²) in [6.45, 7) is 0. The Morgan fingerprint density at radius 3 is 1.00 bits per heavy atom. The fourth-order valence-corrected chi connectivity index (χ4v) is 0. The summed E-state index contributed by atoms with van der Waals surface area (Å²) in [7, 11) is 0. The molecular weight excluding hydrogens is 141 g/mol. The molecule has 3 N–H and O–H groups in total. The fraction of sp³-hybridized carbons (Fsp3) is 0. The van der Waals surface area contributed by atoms with E-state index in [2.05, 4.69) is 0 Å². The minimum absolute atomic E-state index is 0. The molecule has 0 aliphatic rings. The smallest absolute Gasteiger partial charge is 0 e. The Bertz CT molecular complexity index is 8.00. The van der Waals surface area contributed by atoms with Gasteiger partial charge in [-0.15, -0.1) is 0 Å². The predicted molar refractivity (Wildman–Crippen MR) is 10.8 cm³/mol. The second kappa shape index (κ2) is 21.9. The van der Waals surface area contributed by atoms with Crippen molar-refractivity contribution in [3.05, 3.63) is 0 Å². The van der Waals surface area contributed by atoms with Crippen LogP contribution in [0.1, 0.15) is 0 Å². The molecule has 0 saturated carbocycles. The summed E-state index contributed by atoms with van der Waals surface area (Å²) in [4.78, 5) is 0. The maximum atomic E-state index is 0. The van der Waals surface area contributed by atoms with E-state index in [-0.39, 0.29) is 62.6 Å². The van der Waals surface area contributed by atoms with Gasteiger partial charge in [0.25, 0.3) is 0 Å². The molecule has 21 valence electrons. The third kappa shape index (κ3) is 9.28. The molecule has 3 radical (unpaired) electrons. The minimum Gasteiger partial charge on any atom is -0.344 e. The van der Waals surface area contributed by atoms with E-state index in [4.69, 9.17) is 0 Å². The zero-order valence-electron chi connectivity index (χ0n) is 2.19. The van der Waals surface area contributed by atoms with E-state index < -0.39 is 0 Å². The molecule has 0 unspecified atom stereocenters. The number of rotatable bonds is 0. The van der Waals surface area contributed by atoms with Gasteiger partial charge in [0.2, 0.25) is 0 Å². The minimum atomic E-state index is 0. The van der Waals surface area contributed by atoms with Crippen LogP contribution < -0.4 is 6.15 Å². The van der Waals surface area contributed by atoms with Gasteiger partial charge in [0.1, 0.15) is 0 Å². The molecule has 0 aromatic rings. The van der Waals surface area contributed by atoms with Crippen LogP contribution in [0.25, 0.3) is 0 Å². The predicted octanol–water partition coefficient (Wildman–Crippen LogP) is -0.224. The number of hydrogen-bond donors (Lipinski definition) is 1.